The highest BCUT2D eigenvalue weighted by Crippen LogP contribution is 2.34. The molecule has 0 nitrogen and oxygen atoms in total. The van der Waals surface area contributed by atoms with Gasteiger partial charge in [0.2, 0.25) is 0 Å². The summed E-state index contributed by atoms with van der Waals surface area (Å²) in [6.07, 6.45) is 15.3. The number of aryl methyl sites for hydroxylation is 2. The first-order valence-corrected chi connectivity index (χ1v) is 10.7. The topological polar surface area (TPSA) is 0 Å². The standard InChI is InChI=1S/C24H40/c1-5-6-11-19(2)20(3)12-10-13-22-16-17-24(21(4)18-22)23-14-8-7-9-15-23/h16-20,23H,5-15H2,1-4H3. The summed E-state index contributed by atoms with van der Waals surface area (Å²) >= 11 is 0. The summed E-state index contributed by atoms with van der Waals surface area (Å²) in [5, 5.41) is 0. The van der Waals surface area contributed by atoms with Crippen molar-refractivity contribution in [2.45, 2.75) is 104 Å². The molecule has 0 N–H and O–H groups in total. The molecule has 1 saturated carbocycles. The van der Waals surface area contributed by atoms with Crippen LogP contribution in [0.2, 0.25) is 0 Å². The molecule has 1 aliphatic rings. The smallest absolute Gasteiger partial charge is 0.0159 e. The Morgan fingerprint density at radius 2 is 1.62 bits per heavy atom. The van der Waals surface area contributed by atoms with Gasteiger partial charge in [0.25, 0.3) is 0 Å². The Hall–Kier alpha value is -0.780. The Labute approximate surface area is 151 Å². The molecule has 1 aromatic rings. The van der Waals surface area contributed by atoms with Gasteiger partial charge in [-0.1, -0.05) is 83.9 Å². The average molecular weight is 329 g/mol. The van der Waals surface area contributed by atoms with Crippen LogP contribution in [0.25, 0.3) is 0 Å². The molecule has 0 aromatic heterocycles. The lowest BCUT2D eigenvalue weighted by Crippen LogP contribution is -2.08. The lowest BCUT2D eigenvalue weighted by Gasteiger charge is -2.24. The van der Waals surface area contributed by atoms with Crippen LogP contribution in [-0.4, -0.2) is 0 Å². The predicted molar refractivity (Wildman–Crippen MR) is 108 cm³/mol. The van der Waals surface area contributed by atoms with Gasteiger partial charge >= 0.3 is 0 Å². The summed E-state index contributed by atoms with van der Waals surface area (Å²) in [6, 6.07) is 7.35. The number of unbranched alkanes of at least 4 members (excludes halogenated alkanes) is 1. The largest absolute Gasteiger partial charge is 0.0654 e. The number of rotatable bonds is 9. The van der Waals surface area contributed by atoms with E-state index in [1.807, 2.05) is 0 Å². The fraction of sp³-hybridized carbons (Fsp3) is 0.750. The van der Waals surface area contributed by atoms with E-state index in [9.17, 15) is 0 Å². The molecule has 0 radical (unpaired) electrons. The quantitative estimate of drug-likeness (QED) is 0.433. The lowest BCUT2D eigenvalue weighted by atomic mass is 9.81. The fourth-order valence-corrected chi connectivity index (χ4v) is 4.49. The van der Waals surface area contributed by atoms with Crippen LogP contribution in [0.15, 0.2) is 18.2 Å². The second kappa shape index (κ2) is 10.3. The van der Waals surface area contributed by atoms with Crippen LogP contribution < -0.4 is 0 Å². The third kappa shape index (κ3) is 5.94. The molecule has 24 heavy (non-hydrogen) atoms. The Morgan fingerprint density at radius 3 is 2.25 bits per heavy atom. The van der Waals surface area contributed by atoms with Gasteiger partial charge in [0.05, 0.1) is 0 Å². The van der Waals surface area contributed by atoms with E-state index in [4.69, 9.17) is 0 Å². The second-order valence-corrected chi connectivity index (χ2v) is 8.51. The van der Waals surface area contributed by atoms with Crippen LogP contribution in [0.3, 0.4) is 0 Å². The summed E-state index contributed by atoms with van der Waals surface area (Å²) in [6.45, 7) is 9.54. The minimum atomic E-state index is 0.840. The molecule has 0 heteroatoms. The van der Waals surface area contributed by atoms with Crippen LogP contribution in [0.5, 0.6) is 0 Å². The van der Waals surface area contributed by atoms with Crippen LogP contribution in [-0.2, 0) is 6.42 Å². The summed E-state index contributed by atoms with van der Waals surface area (Å²) in [4.78, 5) is 0. The van der Waals surface area contributed by atoms with E-state index in [1.165, 1.54) is 70.6 Å². The van der Waals surface area contributed by atoms with Crippen molar-refractivity contribution in [3.8, 4) is 0 Å². The molecule has 0 spiro atoms. The summed E-state index contributed by atoms with van der Waals surface area (Å²) < 4.78 is 0. The van der Waals surface area contributed by atoms with E-state index >= 15 is 0 Å². The third-order valence-electron chi connectivity index (χ3n) is 6.49. The molecular formula is C24H40. The third-order valence-corrected chi connectivity index (χ3v) is 6.49. The van der Waals surface area contributed by atoms with Crippen LogP contribution >= 0.6 is 0 Å². The number of hydrogen-bond acceptors (Lipinski definition) is 0. The maximum Gasteiger partial charge on any atom is -0.0159 e. The maximum atomic E-state index is 2.48. The van der Waals surface area contributed by atoms with Crippen molar-refractivity contribution in [1.82, 2.24) is 0 Å². The van der Waals surface area contributed by atoms with Crippen molar-refractivity contribution < 1.29 is 0 Å². The normalized spacial score (nSPS) is 18.5. The lowest BCUT2D eigenvalue weighted by molar-refractivity contribution is 0.330. The van der Waals surface area contributed by atoms with Gasteiger partial charge < -0.3 is 0 Å². The van der Waals surface area contributed by atoms with Gasteiger partial charge in [0.15, 0.2) is 0 Å². The van der Waals surface area contributed by atoms with E-state index < -0.39 is 0 Å². The molecule has 136 valence electrons. The van der Waals surface area contributed by atoms with Gasteiger partial charge in [0, 0.05) is 0 Å². The molecule has 1 aliphatic carbocycles. The molecule has 2 unspecified atom stereocenters. The van der Waals surface area contributed by atoms with Crippen LogP contribution in [0.1, 0.15) is 108 Å². The van der Waals surface area contributed by atoms with Crippen molar-refractivity contribution in [2.75, 3.05) is 0 Å². The van der Waals surface area contributed by atoms with Gasteiger partial charge in [-0.3, -0.25) is 0 Å². The van der Waals surface area contributed by atoms with E-state index in [0.717, 1.165) is 17.8 Å². The first kappa shape index (κ1) is 19.5. The predicted octanol–water partition coefficient (Wildman–Crippen LogP) is 7.83. The highest BCUT2D eigenvalue weighted by atomic mass is 14.2. The first-order chi connectivity index (χ1) is 11.6. The zero-order valence-corrected chi connectivity index (χ0v) is 16.7. The highest BCUT2D eigenvalue weighted by molar-refractivity contribution is 5.34. The van der Waals surface area contributed by atoms with Crippen molar-refractivity contribution in [3.05, 3.63) is 34.9 Å². The van der Waals surface area contributed by atoms with E-state index in [1.54, 1.807) is 16.7 Å². The van der Waals surface area contributed by atoms with Crippen molar-refractivity contribution >= 4 is 0 Å². The summed E-state index contributed by atoms with van der Waals surface area (Å²) in [7, 11) is 0. The summed E-state index contributed by atoms with van der Waals surface area (Å²) in [5.74, 6) is 2.60. The zero-order chi connectivity index (χ0) is 17.4. The van der Waals surface area contributed by atoms with Crippen LogP contribution in [0.4, 0.5) is 0 Å². The van der Waals surface area contributed by atoms with Gasteiger partial charge in [-0.15, -0.1) is 0 Å². The Balaban J connectivity index is 1.79. The van der Waals surface area contributed by atoms with Crippen LogP contribution in [0, 0.1) is 18.8 Å². The zero-order valence-electron chi connectivity index (χ0n) is 16.7. The average Bonchev–Trinajstić information content (AvgIpc) is 2.60. The SMILES string of the molecule is CCCCC(C)C(C)CCCc1ccc(C2CCCCC2)c(C)c1. The van der Waals surface area contributed by atoms with Crippen molar-refractivity contribution in [3.63, 3.8) is 0 Å². The molecule has 1 fully saturated rings. The number of benzene rings is 1. The van der Waals surface area contributed by atoms with Gasteiger partial charge in [-0.25, -0.2) is 0 Å². The van der Waals surface area contributed by atoms with Gasteiger partial charge in [-0.05, 0) is 67.1 Å². The van der Waals surface area contributed by atoms with E-state index in [2.05, 4.69) is 45.9 Å². The van der Waals surface area contributed by atoms with E-state index in [-0.39, 0.29) is 0 Å². The van der Waals surface area contributed by atoms with Crippen molar-refractivity contribution in [2.24, 2.45) is 11.8 Å². The molecule has 0 bridgehead atoms. The molecule has 0 aliphatic heterocycles. The summed E-state index contributed by atoms with van der Waals surface area (Å²) in [5.41, 5.74) is 4.74. The first-order valence-electron chi connectivity index (χ1n) is 10.7. The molecule has 0 amide bonds. The molecular weight excluding hydrogens is 288 g/mol. The molecule has 0 saturated heterocycles. The van der Waals surface area contributed by atoms with Gasteiger partial charge in [-0.2, -0.15) is 0 Å². The molecule has 2 atom stereocenters. The number of hydrogen-bond donors (Lipinski definition) is 0. The van der Waals surface area contributed by atoms with Crippen molar-refractivity contribution in [1.29, 1.82) is 0 Å². The monoisotopic (exact) mass is 328 g/mol. The Bertz CT molecular complexity index is 467. The molecule has 1 aromatic carbocycles. The van der Waals surface area contributed by atoms with Gasteiger partial charge in [0.1, 0.15) is 0 Å². The Kier molecular flexibility index (Phi) is 8.36. The highest BCUT2D eigenvalue weighted by Gasteiger charge is 2.17. The molecule has 0 heterocycles. The minimum Gasteiger partial charge on any atom is -0.0654 e. The minimum absolute atomic E-state index is 0.840. The fourth-order valence-electron chi connectivity index (χ4n) is 4.49. The molecule has 2 rings (SSSR count). The second-order valence-electron chi connectivity index (χ2n) is 8.51. The maximum absolute atomic E-state index is 2.48. The van der Waals surface area contributed by atoms with E-state index in [0.29, 0.717) is 0 Å². The Morgan fingerprint density at radius 1 is 0.958 bits per heavy atom.